The first-order valence-corrected chi connectivity index (χ1v) is 6.61. The van der Waals surface area contributed by atoms with Gasteiger partial charge in [0.1, 0.15) is 0 Å². The maximum Gasteiger partial charge on any atom is 0.0771 e. The number of hydrogen-bond donors (Lipinski definition) is 2. The van der Waals surface area contributed by atoms with Gasteiger partial charge in [-0.3, -0.25) is 0 Å². The Morgan fingerprint density at radius 3 is 2.27 bits per heavy atom. The van der Waals surface area contributed by atoms with Gasteiger partial charge >= 0.3 is 0 Å². The highest BCUT2D eigenvalue weighted by atomic mass is 16.3. The van der Waals surface area contributed by atoms with Crippen molar-refractivity contribution in [2.45, 2.75) is 63.9 Å². The van der Waals surface area contributed by atoms with Crippen LogP contribution in [0, 0.1) is 5.41 Å². The minimum absolute atomic E-state index is 0.373. The summed E-state index contributed by atoms with van der Waals surface area (Å²) in [5.41, 5.74) is 0.242. The number of rotatable bonds is 6. The SMILES string of the molecule is CCCC1(CNCC2(O)CCCC2)CC1. The van der Waals surface area contributed by atoms with Crippen molar-refractivity contribution in [1.29, 1.82) is 0 Å². The van der Waals surface area contributed by atoms with Gasteiger partial charge in [0.25, 0.3) is 0 Å². The molecular formula is C13H25NO. The molecule has 2 heteroatoms. The van der Waals surface area contributed by atoms with Crippen LogP contribution in [0.2, 0.25) is 0 Å². The molecule has 15 heavy (non-hydrogen) atoms. The fraction of sp³-hybridized carbons (Fsp3) is 1.00. The van der Waals surface area contributed by atoms with E-state index in [2.05, 4.69) is 12.2 Å². The second-order valence-electron chi connectivity index (χ2n) is 5.79. The maximum absolute atomic E-state index is 10.2. The van der Waals surface area contributed by atoms with Gasteiger partial charge in [0, 0.05) is 13.1 Å². The Hall–Kier alpha value is -0.0800. The average molecular weight is 211 g/mol. The topological polar surface area (TPSA) is 32.3 Å². The highest BCUT2D eigenvalue weighted by Gasteiger charge is 2.41. The largest absolute Gasteiger partial charge is 0.389 e. The van der Waals surface area contributed by atoms with Crippen LogP contribution in [0.4, 0.5) is 0 Å². The lowest BCUT2D eigenvalue weighted by Gasteiger charge is -2.24. The smallest absolute Gasteiger partial charge is 0.0771 e. The number of nitrogens with one attached hydrogen (secondary N) is 1. The molecule has 0 unspecified atom stereocenters. The molecule has 2 aliphatic rings. The van der Waals surface area contributed by atoms with E-state index in [9.17, 15) is 5.11 Å². The first-order valence-electron chi connectivity index (χ1n) is 6.61. The van der Waals surface area contributed by atoms with Gasteiger partial charge in [-0.05, 0) is 37.5 Å². The van der Waals surface area contributed by atoms with E-state index < -0.39 is 0 Å². The second-order valence-corrected chi connectivity index (χ2v) is 5.79. The molecule has 2 fully saturated rings. The molecule has 0 saturated heterocycles. The minimum atomic E-state index is -0.373. The molecule has 2 aliphatic carbocycles. The fourth-order valence-electron chi connectivity index (χ4n) is 2.99. The molecule has 2 saturated carbocycles. The average Bonchev–Trinajstić information content (AvgIpc) is 2.81. The standard InChI is InChI=1S/C13H25NO/c1-2-5-12(8-9-12)10-14-11-13(15)6-3-4-7-13/h14-15H,2-11H2,1H3. The molecule has 0 atom stereocenters. The summed E-state index contributed by atoms with van der Waals surface area (Å²) in [6.45, 7) is 4.21. The van der Waals surface area contributed by atoms with E-state index in [1.54, 1.807) is 0 Å². The molecule has 0 aromatic rings. The Bertz CT molecular complexity index is 205. The first kappa shape index (κ1) is 11.4. The third-order valence-corrected chi connectivity index (χ3v) is 4.23. The Balaban J connectivity index is 1.66. The molecule has 2 rings (SSSR count). The van der Waals surface area contributed by atoms with E-state index in [4.69, 9.17) is 0 Å². The van der Waals surface area contributed by atoms with Gasteiger partial charge in [-0.25, -0.2) is 0 Å². The zero-order valence-electron chi connectivity index (χ0n) is 10.0. The summed E-state index contributed by atoms with van der Waals surface area (Å²) in [6.07, 6.45) is 9.86. The molecule has 0 aliphatic heterocycles. The fourth-order valence-corrected chi connectivity index (χ4v) is 2.99. The summed E-state index contributed by atoms with van der Waals surface area (Å²) in [4.78, 5) is 0. The lowest BCUT2D eigenvalue weighted by molar-refractivity contribution is 0.0464. The number of aliphatic hydroxyl groups is 1. The third-order valence-electron chi connectivity index (χ3n) is 4.23. The molecule has 88 valence electrons. The van der Waals surface area contributed by atoms with Crippen LogP contribution in [0.3, 0.4) is 0 Å². The van der Waals surface area contributed by atoms with Crippen molar-refractivity contribution in [2.75, 3.05) is 13.1 Å². The Morgan fingerprint density at radius 1 is 1.07 bits per heavy atom. The molecule has 0 heterocycles. The van der Waals surface area contributed by atoms with Crippen molar-refractivity contribution >= 4 is 0 Å². The van der Waals surface area contributed by atoms with Gasteiger partial charge in [0.2, 0.25) is 0 Å². The van der Waals surface area contributed by atoms with Gasteiger partial charge in [0.15, 0.2) is 0 Å². The zero-order valence-corrected chi connectivity index (χ0v) is 10.0. The Labute approximate surface area is 93.5 Å². The van der Waals surface area contributed by atoms with Crippen molar-refractivity contribution in [1.82, 2.24) is 5.32 Å². The van der Waals surface area contributed by atoms with Gasteiger partial charge in [-0.1, -0.05) is 26.2 Å². The van der Waals surface area contributed by atoms with Crippen LogP contribution in [-0.4, -0.2) is 23.8 Å². The quantitative estimate of drug-likeness (QED) is 0.707. The molecule has 2 nitrogen and oxygen atoms in total. The van der Waals surface area contributed by atoms with Crippen LogP contribution in [0.25, 0.3) is 0 Å². The van der Waals surface area contributed by atoms with Crippen LogP contribution in [0.1, 0.15) is 58.3 Å². The predicted molar refractivity (Wildman–Crippen MR) is 62.9 cm³/mol. The van der Waals surface area contributed by atoms with E-state index in [1.165, 1.54) is 38.5 Å². The van der Waals surface area contributed by atoms with Crippen LogP contribution < -0.4 is 5.32 Å². The minimum Gasteiger partial charge on any atom is -0.389 e. The molecule has 0 aromatic carbocycles. The van der Waals surface area contributed by atoms with Crippen LogP contribution in [-0.2, 0) is 0 Å². The summed E-state index contributed by atoms with van der Waals surface area (Å²) < 4.78 is 0. The van der Waals surface area contributed by atoms with Crippen molar-refractivity contribution in [2.24, 2.45) is 5.41 Å². The van der Waals surface area contributed by atoms with E-state index in [1.807, 2.05) is 0 Å². The maximum atomic E-state index is 10.2. The van der Waals surface area contributed by atoms with Gasteiger partial charge in [-0.15, -0.1) is 0 Å². The third kappa shape index (κ3) is 2.94. The second kappa shape index (κ2) is 4.42. The summed E-state index contributed by atoms with van der Waals surface area (Å²) in [5, 5.41) is 13.7. The molecular weight excluding hydrogens is 186 g/mol. The Morgan fingerprint density at radius 2 is 1.73 bits per heavy atom. The van der Waals surface area contributed by atoms with E-state index in [0.29, 0.717) is 5.41 Å². The van der Waals surface area contributed by atoms with Crippen molar-refractivity contribution in [3.63, 3.8) is 0 Å². The van der Waals surface area contributed by atoms with Crippen LogP contribution >= 0.6 is 0 Å². The summed E-state index contributed by atoms with van der Waals surface area (Å²) in [7, 11) is 0. The first-order chi connectivity index (χ1) is 7.18. The van der Waals surface area contributed by atoms with Gasteiger partial charge < -0.3 is 10.4 Å². The highest BCUT2D eigenvalue weighted by molar-refractivity contribution is 4.95. The molecule has 2 N–H and O–H groups in total. The summed E-state index contributed by atoms with van der Waals surface area (Å²) in [6, 6.07) is 0. The molecule has 0 amide bonds. The van der Waals surface area contributed by atoms with Crippen LogP contribution in [0.15, 0.2) is 0 Å². The van der Waals surface area contributed by atoms with E-state index >= 15 is 0 Å². The number of hydrogen-bond acceptors (Lipinski definition) is 2. The van der Waals surface area contributed by atoms with E-state index in [-0.39, 0.29) is 5.60 Å². The molecule has 0 bridgehead atoms. The Kier molecular flexibility index (Phi) is 3.36. The molecule has 0 aromatic heterocycles. The zero-order chi connectivity index (χ0) is 10.8. The monoisotopic (exact) mass is 211 g/mol. The van der Waals surface area contributed by atoms with Crippen molar-refractivity contribution in [3.8, 4) is 0 Å². The summed E-state index contributed by atoms with van der Waals surface area (Å²) >= 11 is 0. The van der Waals surface area contributed by atoms with Gasteiger partial charge in [0.05, 0.1) is 5.60 Å². The van der Waals surface area contributed by atoms with Crippen LogP contribution in [0.5, 0.6) is 0 Å². The van der Waals surface area contributed by atoms with Crippen molar-refractivity contribution in [3.05, 3.63) is 0 Å². The van der Waals surface area contributed by atoms with E-state index in [0.717, 1.165) is 25.9 Å². The predicted octanol–water partition coefficient (Wildman–Crippen LogP) is 2.46. The summed E-state index contributed by atoms with van der Waals surface area (Å²) in [5.74, 6) is 0. The lowest BCUT2D eigenvalue weighted by Crippen LogP contribution is -2.40. The molecule has 0 spiro atoms. The molecule has 0 radical (unpaired) electrons. The highest BCUT2D eigenvalue weighted by Crippen LogP contribution is 2.49. The normalized spacial score (nSPS) is 26.8. The van der Waals surface area contributed by atoms with Gasteiger partial charge in [-0.2, -0.15) is 0 Å². The lowest BCUT2D eigenvalue weighted by atomic mass is 9.99. The van der Waals surface area contributed by atoms with Crippen molar-refractivity contribution < 1.29 is 5.11 Å².